The van der Waals surface area contributed by atoms with Crippen LogP contribution in [-0.2, 0) is 21.3 Å². The van der Waals surface area contributed by atoms with E-state index < -0.39 is 10.0 Å². The summed E-state index contributed by atoms with van der Waals surface area (Å²) in [6.07, 6.45) is 8.54. The smallest absolute Gasteiger partial charge is 0.208 e. The van der Waals surface area contributed by atoms with Gasteiger partial charge in [-0.15, -0.1) is 0 Å². The monoisotopic (exact) mass is 457 g/mol. The minimum Gasteiger partial charge on any atom is -0.378 e. The molecular formula is C25H35N3O3S. The van der Waals surface area contributed by atoms with E-state index in [0.29, 0.717) is 12.5 Å². The van der Waals surface area contributed by atoms with Gasteiger partial charge in [0, 0.05) is 37.8 Å². The number of hydrogen-bond acceptors (Lipinski definition) is 5. The fourth-order valence-corrected chi connectivity index (χ4v) is 5.98. The summed E-state index contributed by atoms with van der Waals surface area (Å²) in [5.74, 6) is 0.758. The standard InChI is InChI=1S/C25H35N3O3S/c1-32(29,30)27-25-14-16-28(18-23-9-5-6-15-26-23)17-22(25)19-31-24-12-10-21(11-13-24)20-7-3-2-4-8-20/h2-9,15,21-22,24-25,27H,10-14,16-19H2,1H3/t21?,22-,24?,25-/m0/s1. The van der Waals surface area contributed by atoms with Crippen LogP contribution in [-0.4, -0.2) is 56.4 Å². The Hall–Kier alpha value is -1.80. The van der Waals surface area contributed by atoms with Crippen molar-refractivity contribution in [3.63, 3.8) is 0 Å². The van der Waals surface area contributed by atoms with E-state index in [1.807, 2.05) is 24.4 Å². The first-order chi connectivity index (χ1) is 15.5. The molecule has 1 aliphatic heterocycles. The maximum atomic E-state index is 11.9. The Labute approximate surface area is 192 Å². The molecule has 0 spiro atoms. The number of pyridine rings is 1. The average molecular weight is 458 g/mol. The molecule has 2 atom stereocenters. The molecule has 2 aliphatic rings. The minimum atomic E-state index is -3.25. The molecule has 32 heavy (non-hydrogen) atoms. The van der Waals surface area contributed by atoms with Crippen molar-refractivity contribution < 1.29 is 13.2 Å². The van der Waals surface area contributed by atoms with E-state index in [4.69, 9.17) is 4.74 Å². The van der Waals surface area contributed by atoms with E-state index in [0.717, 1.165) is 57.4 Å². The summed E-state index contributed by atoms with van der Waals surface area (Å²) in [5, 5.41) is 0. The lowest BCUT2D eigenvalue weighted by Crippen LogP contribution is -2.52. The normalized spacial score (nSPS) is 27.3. The molecule has 0 unspecified atom stereocenters. The highest BCUT2D eigenvalue weighted by Gasteiger charge is 2.32. The Kier molecular flexibility index (Phi) is 7.94. The number of benzene rings is 1. The first-order valence-corrected chi connectivity index (χ1v) is 13.6. The Bertz CT molecular complexity index is 931. The van der Waals surface area contributed by atoms with E-state index in [-0.39, 0.29) is 18.1 Å². The summed E-state index contributed by atoms with van der Waals surface area (Å²) < 4.78 is 33.1. The van der Waals surface area contributed by atoms with Crippen LogP contribution in [0.25, 0.3) is 0 Å². The van der Waals surface area contributed by atoms with Crippen molar-refractivity contribution in [2.24, 2.45) is 5.92 Å². The van der Waals surface area contributed by atoms with Crippen LogP contribution in [0, 0.1) is 5.92 Å². The molecule has 1 aliphatic carbocycles. The molecule has 0 radical (unpaired) electrons. The number of nitrogens with one attached hydrogen (secondary N) is 1. The van der Waals surface area contributed by atoms with Crippen molar-refractivity contribution in [2.45, 2.75) is 56.7 Å². The average Bonchev–Trinajstić information content (AvgIpc) is 2.80. The van der Waals surface area contributed by atoms with Crippen LogP contribution >= 0.6 is 0 Å². The summed E-state index contributed by atoms with van der Waals surface area (Å²) in [6, 6.07) is 16.7. The first-order valence-electron chi connectivity index (χ1n) is 11.7. The maximum Gasteiger partial charge on any atom is 0.208 e. The molecule has 1 aromatic heterocycles. The van der Waals surface area contributed by atoms with Crippen LogP contribution in [0.2, 0.25) is 0 Å². The van der Waals surface area contributed by atoms with Crippen LogP contribution in [0.5, 0.6) is 0 Å². The molecule has 2 heterocycles. The van der Waals surface area contributed by atoms with E-state index in [1.54, 1.807) is 0 Å². The molecule has 1 saturated carbocycles. The van der Waals surface area contributed by atoms with E-state index >= 15 is 0 Å². The molecule has 6 nitrogen and oxygen atoms in total. The van der Waals surface area contributed by atoms with E-state index in [9.17, 15) is 8.42 Å². The largest absolute Gasteiger partial charge is 0.378 e. The lowest BCUT2D eigenvalue weighted by atomic mass is 9.82. The summed E-state index contributed by atoms with van der Waals surface area (Å²) in [4.78, 5) is 6.81. The van der Waals surface area contributed by atoms with Gasteiger partial charge in [-0.2, -0.15) is 0 Å². The van der Waals surface area contributed by atoms with Crippen LogP contribution in [0.15, 0.2) is 54.7 Å². The third-order valence-electron chi connectivity index (χ3n) is 6.79. The number of piperidine rings is 1. The Morgan fingerprint density at radius 2 is 1.78 bits per heavy atom. The second-order valence-corrected chi connectivity index (χ2v) is 11.1. The van der Waals surface area contributed by atoms with Crippen molar-refractivity contribution in [3.8, 4) is 0 Å². The molecule has 4 rings (SSSR count). The predicted molar refractivity (Wildman–Crippen MR) is 127 cm³/mol. The molecule has 7 heteroatoms. The van der Waals surface area contributed by atoms with Crippen LogP contribution in [0.3, 0.4) is 0 Å². The molecular weight excluding hydrogens is 422 g/mol. The maximum absolute atomic E-state index is 11.9. The molecule has 174 valence electrons. The number of likely N-dealkylation sites (tertiary alicyclic amines) is 1. The lowest BCUT2D eigenvalue weighted by molar-refractivity contribution is -0.0180. The van der Waals surface area contributed by atoms with Crippen molar-refractivity contribution in [1.82, 2.24) is 14.6 Å². The van der Waals surface area contributed by atoms with Crippen molar-refractivity contribution in [2.75, 3.05) is 26.0 Å². The van der Waals surface area contributed by atoms with Gasteiger partial charge in [-0.3, -0.25) is 9.88 Å². The van der Waals surface area contributed by atoms with Crippen molar-refractivity contribution in [3.05, 3.63) is 66.0 Å². The Morgan fingerprint density at radius 1 is 1.03 bits per heavy atom. The summed E-state index contributed by atoms with van der Waals surface area (Å²) in [6.45, 7) is 3.03. The second-order valence-electron chi connectivity index (χ2n) is 9.32. The minimum absolute atomic E-state index is 0.0781. The first kappa shape index (κ1) is 23.4. The third-order valence-corrected chi connectivity index (χ3v) is 7.52. The van der Waals surface area contributed by atoms with Gasteiger partial charge in [0.1, 0.15) is 0 Å². The lowest BCUT2D eigenvalue weighted by Gasteiger charge is -2.39. The molecule has 2 fully saturated rings. The number of rotatable bonds is 8. The zero-order valence-corrected chi connectivity index (χ0v) is 19.7. The SMILES string of the molecule is CS(=O)(=O)N[C@H]1CCN(Cc2ccccn2)C[C@H]1COC1CCC(c2ccccc2)CC1. The molecule has 0 bridgehead atoms. The topological polar surface area (TPSA) is 71.5 Å². The number of hydrogen-bond donors (Lipinski definition) is 1. The fraction of sp³-hybridized carbons (Fsp3) is 0.560. The van der Waals surface area contributed by atoms with Gasteiger partial charge >= 0.3 is 0 Å². The molecule has 1 saturated heterocycles. The van der Waals surface area contributed by atoms with Crippen molar-refractivity contribution >= 4 is 10.0 Å². The molecule has 1 aromatic carbocycles. The zero-order chi connectivity index (χ0) is 22.4. The van der Waals surface area contributed by atoms with Crippen molar-refractivity contribution in [1.29, 1.82) is 0 Å². The Morgan fingerprint density at radius 3 is 2.47 bits per heavy atom. The predicted octanol–water partition coefficient (Wildman–Crippen LogP) is 3.56. The summed E-state index contributed by atoms with van der Waals surface area (Å²) >= 11 is 0. The quantitative estimate of drug-likeness (QED) is 0.656. The fourth-order valence-electron chi connectivity index (χ4n) is 5.12. The van der Waals surface area contributed by atoms with Crippen LogP contribution < -0.4 is 4.72 Å². The van der Waals surface area contributed by atoms with Gasteiger partial charge in [-0.05, 0) is 55.7 Å². The third kappa shape index (κ3) is 6.85. The Balaban J connectivity index is 1.32. The van der Waals surface area contributed by atoms with Crippen LogP contribution in [0.1, 0.15) is 49.3 Å². The van der Waals surface area contributed by atoms with Crippen LogP contribution in [0.4, 0.5) is 0 Å². The van der Waals surface area contributed by atoms with Gasteiger partial charge in [-0.1, -0.05) is 36.4 Å². The van der Waals surface area contributed by atoms with E-state index in [2.05, 4.69) is 44.9 Å². The summed E-state index contributed by atoms with van der Waals surface area (Å²) in [7, 11) is -3.25. The number of aromatic nitrogens is 1. The van der Waals surface area contributed by atoms with Gasteiger partial charge in [0.2, 0.25) is 10.0 Å². The second kappa shape index (κ2) is 10.9. The van der Waals surface area contributed by atoms with Gasteiger partial charge < -0.3 is 4.74 Å². The molecule has 1 N–H and O–H groups in total. The van der Waals surface area contributed by atoms with Gasteiger partial charge in [0.05, 0.1) is 24.7 Å². The van der Waals surface area contributed by atoms with Gasteiger partial charge in [0.15, 0.2) is 0 Å². The number of ether oxygens (including phenoxy) is 1. The van der Waals surface area contributed by atoms with Gasteiger partial charge in [-0.25, -0.2) is 13.1 Å². The highest BCUT2D eigenvalue weighted by molar-refractivity contribution is 7.88. The zero-order valence-electron chi connectivity index (χ0n) is 18.9. The number of sulfonamides is 1. The summed E-state index contributed by atoms with van der Waals surface area (Å²) in [5.41, 5.74) is 2.47. The molecule has 2 aromatic rings. The van der Waals surface area contributed by atoms with Gasteiger partial charge in [0.25, 0.3) is 0 Å². The molecule has 0 amide bonds. The highest BCUT2D eigenvalue weighted by Crippen LogP contribution is 2.34. The number of nitrogens with zero attached hydrogens (tertiary/aromatic N) is 2. The van der Waals surface area contributed by atoms with E-state index in [1.165, 1.54) is 11.8 Å². The highest BCUT2D eigenvalue weighted by atomic mass is 32.2.